The second-order valence-corrected chi connectivity index (χ2v) is 7.63. The van der Waals surface area contributed by atoms with Crippen LogP contribution >= 0.6 is 23.1 Å². The van der Waals surface area contributed by atoms with Crippen molar-refractivity contribution in [2.45, 2.75) is 51.3 Å². The Morgan fingerprint density at radius 3 is 2.84 bits per heavy atom. The van der Waals surface area contributed by atoms with E-state index in [1.807, 2.05) is 25.2 Å². The summed E-state index contributed by atoms with van der Waals surface area (Å²) in [6.45, 7) is 4.00. The molecule has 4 heteroatoms. The van der Waals surface area contributed by atoms with E-state index in [2.05, 4.69) is 11.4 Å². The molecule has 1 aliphatic heterocycles. The summed E-state index contributed by atoms with van der Waals surface area (Å²) in [6.07, 6.45) is 7.22. The molecule has 0 atom stereocenters. The molecule has 0 spiro atoms. The van der Waals surface area contributed by atoms with Gasteiger partial charge in [-0.1, -0.05) is 0 Å². The summed E-state index contributed by atoms with van der Waals surface area (Å²) in [4.78, 5) is 15.8. The van der Waals surface area contributed by atoms with Crippen molar-refractivity contribution in [1.82, 2.24) is 5.32 Å². The smallest absolute Gasteiger partial charge is 0.257 e. The maximum atomic E-state index is 12.1. The van der Waals surface area contributed by atoms with Crippen LogP contribution in [-0.2, 0) is 23.4 Å². The number of thioether (sulfide) groups is 1. The van der Waals surface area contributed by atoms with Crippen molar-refractivity contribution < 1.29 is 4.79 Å². The third-order valence-electron chi connectivity index (χ3n) is 3.59. The van der Waals surface area contributed by atoms with Gasteiger partial charge in [0.1, 0.15) is 0 Å². The highest BCUT2D eigenvalue weighted by molar-refractivity contribution is 8.03. The maximum absolute atomic E-state index is 12.1. The summed E-state index contributed by atoms with van der Waals surface area (Å²) < 4.78 is 0. The van der Waals surface area contributed by atoms with Crippen LogP contribution in [-0.4, -0.2) is 11.9 Å². The summed E-state index contributed by atoms with van der Waals surface area (Å²) in [5.41, 5.74) is 3.10. The molecule has 2 nitrogen and oxygen atoms in total. The van der Waals surface area contributed by atoms with E-state index in [4.69, 9.17) is 0 Å². The molecule has 0 bridgehead atoms. The minimum absolute atomic E-state index is 0.0806. The highest BCUT2D eigenvalue weighted by atomic mass is 32.2. The van der Waals surface area contributed by atoms with Gasteiger partial charge in [-0.2, -0.15) is 0 Å². The number of thiophene rings is 1. The van der Waals surface area contributed by atoms with Crippen molar-refractivity contribution in [2.24, 2.45) is 0 Å². The Kier molecular flexibility index (Phi) is 3.72. The van der Waals surface area contributed by atoms with E-state index >= 15 is 0 Å². The summed E-state index contributed by atoms with van der Waals surface area (Å²) in [5.74, 6) is 1.05. The second kappa shape index (κ2) is 5.33. The van der Waals surface area contributed by atoms with Gasteiger partial charge in [0.15, 0.2) is 0 Å². The van der Waals surface area contributed by atoms with Gasteiger partial charge in [0.05, 0.1) is 4.91 Å². The summed E-state index contributed by atoms with van der Waals surface area (Å²) in [5, 5.41) is 2.98. The number of nitrogens with one attached hydrogen (secondary N) is 1. The summed E-state index contributed by atoms with van der Waals surface area (Å²) >= 11 is 3.60. The van der Waals surface area contributed by atoms with Gasteiger partial charge in [-0.15, -0.1) is 23.1 Å². The van der Waals surface area contributed by atoms with Crippen LogP contribution < -0.4 is 5.32 Å². The topological polar surface area (TPSA) is 29.1 Å². The number of carbonyl (C=O) groups excluding carboxylic acids is 1. The molecule has 2 heterocycles. The predicted molar refractivity (Wildman–Crippen MR) is 83.5 cm³/mol. The Bertz CT molecular complexity index is 543. The van der Waals surface area contributed by atoms with Crippen LogP contribution in [0.15, 0.2) is 4.91 Å². The van der Waals surface area contributed by atoms with E-state index in [1.54, 1.807) is 22.2 Å². The first-order valence-corrected chi connectivity index (χ1v) is 8.74. The largest absolute Gasteiger partial charge is 0.349 e. The molecular formula is C15H19NOS2. The number of aryl methyl sites for hydroxylation is 1. The van der Waals surface area contributed by atoms with E-state index in [0.717, 1.165) is 10.7 Å². The average molecular weight is 293 g/mol. The van der Waals surface area contributed by atoms with Crippen molar-refractivity contribution in [3.8, 4) is 0 Å². The zero-order valence-corrected chi connectivity index (χ0v) is 13.0. The van der Waals surface area contributed by atoms with Gasteiger partial charge in [0.25, 0.3) is 5.91 Å². The predicted octanol–water partition coefficient (Wildman–Crippen LogP) is 3.74. The Labute approximate surface area is 122 Å². The number of amides is 1. The molecule has 0 saturated carbocycles. The first kappa shape index (κ1) is 13.3. The molecule has 0 fully saturated rings. The fraction of sp³-hybridized carbons (Fsp3) is 0.533. The summed E-state index contributed by atoms with van der Waals surface area (Å²) in [7, 11) is 0. The number of fused-ring (bicyclic) bond motifs is 3. The lowest BCUT2D eigenvalue weighted by Gasteiger charge is -2.17. The Balaban J connectivity index is 1.89. The van der Waals surface area contributed by atoms with E-state index in [0.29, 0.717) is 0 Å². The van der Waals surface area contributed by atoms with E-state index in [-0.39, 0.29) is 11.9 Å². The van der Waals surface area contributed by atoms with Crippen LogP contribution in [0.3, 0.4) is 0 Å². The molecule has 2 aliphatic rings. The molecule has 3 rings (SSSR count). The van der Waals surface area contributed by atoms with Gasteiger partial charge in [-0.25, -0.2) is 0 Å². The molecule has 0 aromatic carbocycles. The van der Waals surface area contributed by atoms with E-state index in [9.17, 15) is 4.79 Å². The maximum Gasteiger partial charge on any atom is 0.257 e. The van der Waals surface area contributed by atoms with Crippen molar-refractivity contribution in [1.29, 1.82) is 0 Å². The lowest BCUT2D eigenvalue weighted by Crippen LogP contribution is -2.30. The molecule has 0 radical (unpaired) electrons. The molecular weight excluding hydrogens is 274 g/mol. The first-order chi connectivity index (χ1) is 9.15. The van der Waals surface area contributed by atoms with Gasteiger partial charge >= 0.3 is 0 Å². The van der Waals surface area contributed by atoms with Crippen LogP contribution in [0.4, 0.5) is 0 Å². The quantitative estimate of drug-likeness (QED) is 0.900. The SMILES string of the molecule is CC(C)NC(=O)C1=Cc2sc3c(c2CS1)CCCC3. The van der Waals surface area contributed by atoms with Crippen LogP contribution in [0.25, 0.3) is 6.08 Å². The number of hydrogen-bond donors (Lipinski definition) is 1. The summed E-state index contributed by atoms with van der Waals surface area (Å²) in [6, 6.07) is 0.201. The first-order valence-electron chi connectivity index (χ1n) is 6.94. The average Bonchev–Trinajstić information content (AvgIpc) is 2.75. The van der Waals surface area contributed by atoms with Gasteiger partial charge in [-0.05, 0) is 56.7 Å². The minimum atomic E-state index is 0.0806. The second-order valence-electron chi connectivity index (χ2n) is 5.48. The fourth-order valence-corrected chi connectivity index (χ4v) is 5.24. The third kappa shape index (κ3) is 2.61. The molecule has 0 saturated heterocycles. The van der Waals surface area contributed by atoms with Crippen LogP contribution in [0.2, 0.25) is 0 Å². The monoisotopic (exact) mass is 293 g/mol. The highest BCUT2D eigenvalue weighted by Gasteiger charge is 2.25. The number of hydrogen-bond acceptors (Lipinski definition) is 3. The lowest BCUT2D eigenvalue weighted by molar-refractivity contribution is -0.117. The van der Waals surface area contributed by atoms with Crippen molar-refractivity contribution >= 4 is 35.1 Å². The molecule has 1 aliphatic carbocycles. The standard InChI is InChI=1S/C15H19NOS2/c1-9(2)16-15(17)14-7-13-11(8-18-14)10-5-3-4-6-12(10)19-13/h7,9H,3-6,8H2,1-2H3,(H,16,17). The van der Waals surface area contributed by atoms with E-state index in [1.165, 1.54) is 36.1 Å². The lowest BCUT2D eigenvalue weighted by atomic mass is 9.95. The highest BCUT2D eigenvalue weighted by Crippen LogP contribution is 2.42. The van der Waals surface area contributed by atoms with Crippen LogP contribution in [0.1, 0.15) is 47.6 Å². The molecule has 1 N–H and O–H groups in total. The molecule has 1 amide bonds. The molecule has 0 unspecified atom stereocenters. The van der Waals surface area contributed by atoms with Gasteiger partial charge in [0.2, 0.25) is 0 Å². The number of rotatable bonds is 2. The molecule has 1 aromatic heterocycles. The van der Waals surface area contributed by atoms with Crippen LogP contribution in [0.5, 0.6) is 0 Å². The zero-order valence-electron chi connectivity index (χ0n) is 11.4. The normalized spacial score (nSPS) is 17.7. The molecule has 19 heavy (non-hydrogen) atoms. The zero-order chi connectivity index (χ0) is 13.4. The molecule has 102 valence electrons. The van der Waals surface area contributed by atoms with E-state index < -0.39 is 0 Å². The van der Waals surface area contributed by atoms with Gasteiger partial charge < -0.3 is 5.32 Å². The van der Waals surface area contributed by atoms with Gasteiger partial charge in [0, 0.05) is 21.5 Å². The van der Waals surface area contributed by atoms with Gasteiger partial charge in [-0.3, -0.25) is 4.79 Å². The number of carbonyl (C=O) groups is 1. The Morgan fingerprint density at radius 2 is 2.05 bits per heavy atom. The van der Waals surface area contributed by atoms with Crippen LogP contribution in [0, 0.1) is 0 Å². The van der Waals surface area contributed by atoms with Crippen molar-refractivity contribution in [3.63, 3.8) is 0 Å². The third-order valence-corrected chi connectivity index (χ3v) is 5.92. The van der Waals surface area contributed by atoms with Crippen molar-refractivity contribution in [2.75, 3.05) is 0 Å². The Hall–Kier alpha value is -0.740. The fourth-order valence-electron chi connectivity index (χ4n) is 2.70. The minimum Gasteiger partial charge on any atom is -0.349 e. The molecule has 1 aromatic rings. The van der Waals surface area contributed by atoms with Crippen molar-refractivity contribution in [3.05, 3.63) is 25.8 Å². The Morgan fingerprint density at radius 1 is 1.26 bits per heavy atom.